The summed E-state index contributed by atoms with van der Waals surface area (Å²) in [4.78, 5) is 35.2. The van der Waals surface area contributed by atoms with Crippen LogP contribution in [0.1, 0.15) is 15.9 Å². The number of thioether (sulfide) groups is 1. The van der Waals surface area contributed by atoms with Crippen molar-refractivity contribution in [2.45, 2.75) is 6.54 Å². The molecule has 94 valence electrons. The van der Waals surface area contributed by atoms with Crippen LogP contribution in [-0.2, 0) is 11.3 Å². The zero-order valence-corrected chi connectivity index (χ0v) is 10.1. The molecule has 0 bridgehead atoms. The molecular weight excluding hydrogens is 256 g/mol. The van der Waals surface area contributed by atoms with Gasteiger partial charge in [-0.3, -0.25) is 24.5 Å². The molecule has 0 aliphatic carbocycles. The van der Waals surface area contributed by atoms with E-state index in [1.54, 1.807) is 12.1 Å². The van der Waals surface area contributed by atoms with Crippen LogP contribution in [0.2, 0.25) is 0 Å². The van der Waals surface area contributed by atoms with Gasteiger partial charge >= 0.3 is 0 Å². The molecule has 1 saturated heterocycles. The summed E-state index contributed by atoms with van der Waals surface area (Å²) >= 11 is 0.966. The molecule has 3 amide bonds. The Morgan fingerprint density at radius 2 is 2.22 bits per heavy atom. The van der Waals surface area contributed by atoms with Crippen molar-refractivity contribution in [1.82, 2.24) is 10.4 Å². The molecule has 0 radical (unpaired) electrons. The number of nitrogens with one attached hydrogen (secondary N) is 1. The molecular formula is C11H10N2O4S. The molecule has 2 rings (SSSR count). The van der Waals surface area contributed by atoms with Gasteiger partial charge < -0.3 is 0 Å². The third kappa shape index (κ3) is 2.52. The molecule has 0 aromatic heterocycles. The van der Waals surface area contributed by atoms with Crippen molar-refractivity contribution in [1.29, 1.82) is 0 Å². The first-order valence-corrected chi connectivity index (χ1v) is 6.11. The number of imide groups is 1. The largest absolute Gasteiger partial charge is 0.289 e. The number of hydroxylamine groups is 1. The van der Waals surface area contributed by atoms with Crippen LogP contribution in [0.25, 0.3) is 0 Å². The van der Waals surface area contributed by atoms with Gasteiger partial charge in [0.15, 0.2) is 0 Å². The Labute approximate surface area is 107 Å². The Morgan fingerprint density at radius 1 is 1.44 bits per heavy atom. The van der Waals surface area contributed by atoms with Crippen molar-refractivity contribution in [3.8, 4) is 0 Å². The van der Waals surface area contributed by atoms with Gasteiger partial charge in [-0.2, -0.15) is 0 Å². The van der Waals surface area contributed by atoms with Gasteiger partial charge in [-0.15, -0.1) is 0 Å². The van der Waals surface area contributed by atoms with Gasteiger partial charge in [-0.1, -0.05) is 23.9 Å². The first kappa shape index (κ1) is 12.6. The number of carbonyl (C=O) groups excluding carboxylic acids is 3. The molecule has 6 nitrogen and oxygen atoms in total. The molecule has 1 aliphatic rings. The molecule has 1 aromatic rings. The fourth-order valence-corrected chi connectivity index (χ4v) is 2.32. The summed E-state index contributed by atoms with van der Waals surface area (Å²) in [5.41, 5.74) is 2.45. The van der Waals surface area contributed by atoms with Crippen molar-refractivity contribution >= 4 is 28.8 Å². The lowest BCUT2D eigenvalue weighted by Gasteiger charge is -2.13. The van der Waals surface area contributed by atoms with Crippen LogP contribution >= 0.6 is 11.8 Å². The van der Waals surface area contributed by atoms with Crippen LogP contribution in [0, 0.1) is 0 Å². The van der Waals surface area contributed by atoms with E-state index in [4.69, 9.17) is 5.21 Å². The van der Waals surface area contributed by atoms with Gasteiger partial charge in [-0.25, -0.2) is 5.48 Å². The fraction of sp³-hybridized carbons (Fsp3) is 0.182. The number of rotatable bonds is 3. The first-order chi connectivity index (χ1) is 8.61. The number of hydrogen-bond donors (Lipinski definition) is 2. The van der Waals surface area contributed by atoms with Gasteiger partial charge in [0.1, 0.15) is 0 Å². The number of amides is 3. The van der Waals surface area contributed by atoms with Crippen LogP contribution in [0.5, 0.6) is 0 Å². The predicted octanol–water partition coefficient (Wildman–Crippen LogP) is 1.00. The highest BCUT2D eigenvalue weighted by atomic mass is 32.2. The van der Waals surface area contributed by atoms with Gasteiger partial charge in [0.05, 0.1) is 12.3 Å². The molecule has 0 saturated carbocycles. The Morgan fingerprint density at radius 3 is 2.83 bits per heavy atom. The van der Waals surface area contributed by atoms with E-state index in [0.29, 0.717) is 5.56 Å². The van der Waals surface area contributed by atoms with Crippen LogP contribution < -0.4 is 5.48 Å². The van der Waals surface area contributed by atoms with Gasteiger partial charge in [0.25, 0.3) is 11.1 Å². The number of benzene rings is 1. The predicted molar refractivity (Wildman–Crippen MR) is 64.1 cm³/mol. The Balaban J connectivity index is 2.17. The minimum atomic E-state index is -0.634. The summed E-state index contributed by atoms with van der Waals surface area (Å²) in [6.07, 6.45) is 0. The summed E-state index contributed by atoms with van der Waals surface area (Å²) in [5.74, 6) is -0.706. The topological polar surface area (TPSA) is 86.7 Å². The Bertz CT molecular complexity index is 502. The molecule has 1 aromatic carbocycles. The second-order valence-corrected chi connectivity index (χ2v) is 4.60. The molecule has 1 heterocycles. The molecule has 0 spiro atoms. The maximum Gasteiger partial charge on any atom is 0.289 e. The lowest BCUT2D eigenvalue weighted by molar-refractivity contribution is -0.125. The molecule has 0 atom stereocenters. The SMILES string of the molecule is O=C(NO)c1cccc(CN2C(=O)CSC2=O)c1. The van der Waals surface area contributed by atoms with Crippen molar-refractivity contribution in [2.24, 2.45) is 0 Å². The van der Waals surface area contributed by atoms with Gasteiger partial charge in [0.2, 0.25) is 5.91 Å². The average molecular weight is 266 g/mol. The normalized spacial score (nSPS) is 15.1. The maximum atomic E-state index is 11.4. The second-order valence-electron chi connectivity index (χ2n) is 3.68. The summed E-state index contributed by atoms with van der Waals surface area (Å²) in [5, 5.41) is 8.25. The van der Waals surface area contributed by atoms with E-state index < -0.39 is 5.91 Å². The van der Waals surface area contributed by atoms with Crippen LogP contribution in [0.15, 0.2) is 24.3 Å². The second kappa shape index (κ2) is 5.19. The highest BCUT2D eigenvalue weighted by Gasteiger charge is 2.29. The van der Waals surface area contributed by atoms with E-state index in [1.165, 1.54) is 17.6 Å². The minimum Gasteiger partial charge on any atom is -0.288 e. The Kier molecular flexibility index (Phi) is 3.63. The van der Waals surface area contributed by atoms with Crippen LogP contribution in [0.4, 0.5) is 4.79 Å². The van der Waals surface area contributed by atoms with E-state index >= 15 is 0 Å². The molecule has 1 fully saturated rings. The van der Waals surface area contributed by atoms with Crippen LogP contribution in [0.3, 0.4) is 0 Å². The molecule has 1 aliphatic heterocycles. The van der Waals surface area contributed by atoms with Crippen molar-refractivity contribution < 1.29 is 19.6 Å². The van der Waals surface area contributed by atoms with E-state index in [0.717, 1.165) is 16.7 Å². The van der Waals surface area contributed by atoms with E-state index in [1.807, 2.05) is 0 Å². The standard InChI is InChI=1S/C11H10N2O4S/c14-9-6-18-11(16)13(9)5-7-2-1-3-8(4-7)10(15)12-17/h1-4,17H,5-6H2,(H,12,15). The fourth-order valence-electron chi connectivity index (χ4n) is 1.59. The van der Waals surface area contributed by atoms with E-state index in [2.05, 4.69) is 0 Å². The first-order valence-electron chi connectivity index (χ1n) is 5.12. The average Bonchev–Trinajstić information content (AvgIpc) is 2.70. The quantitative estimate of drug-likeness (QED) is 0.629. The van der Waals surface area contributed by atoms with Gasteiger partial charge in [0, 0.05) is 5.56 Å². The third-order valence-corrected chi connectivity index (χ3v) is 3.33. The summed E-state index contributed by atoms with van der Waals surface area (Å²) in [6.45, 7) is 0.136. The molecule has 7 heteroatoms. The van der Waals surface area contributed by atoms with Crippen molar-refractivity contribution in [3.05, 3.63) is 35.4 Å². The molecule has 0 unspecified atom stereocenters. The number of carbonyl (C=O) groups is 3. The Hall–Kier alpha value is -1.86. The zero-order valence-electron chi connectivity index (χ0n) is 9.25. The molecule has 18 heavy (non-hydrogen) atoms. The van der Waals surface area contributed by atoms with Crippen LogP contribution in [-0.4, -0.2) is 32.9 Å². The summed E-state index contributed by atoms with van der Waals surface area (Å²) in [7, 11) is 0. The number of nitrogens with zero attached hydrogens (tertiary/aromatic N) is 1. The lowest BCUT2D eigenvalue weighted by atomic mass is 10.1. The van der Waals surface area contributed by atoms with Crippen molar-refractivity contribution in [2.75, 3.05) is 5.75 Å². The lowest BCUT2D eigenvalue weighted by Crippen LogP contribution is -2.28. The summed E-state index contributed by atoms with van der Waals surface area (Å²) < 4.78 is 0. The maximum absolute atomic E-state index is 11.4. The van der Waals surface area contributed by atoms with E-state index in [9.17, 15) is 14.4 Å². The monoisotopic (exact) mass is 266 g/mol. The summed E-state index contributed by atoms with van der Waals surface area (Å²) in [6, 6.07) is 6.38. The smallest absolute Gasteiger partial charge is 0.288 e. The van der Waals surface area contributed by atoms with Gasteiger partial charge in [-0.05, 0) is 17.7 Å². The highest BCUT2D eigenvalue weighted by Crippen LogP contribution is 2.21. The van der Waals surface area contributed by atoms with Crippen molar-refractivity contribution in [3.63, 3.8) is 0 Å². The minimum absolute atomic E-state index is 0.136. The highest BCUT2D eigenvalue weighted by molar-refractivity contribution is 8.14. The number of hydrogen-bond acceptors (Lipinski definition) is 5. The van der Waals surface area contributed by atoms with E-state index in [-0.39, 0.29) is 29.0 Å². The molecule has 2 N–H and O–H groups in total. The third-order valence-electron chi connectivity index (χ3n) is 2.47. The zero-order chi connectivity index (χ0) is 13.1.